The smallest absolute Gasteiger partial charge is 0.133 e. The molecule has 3 rings (SSSR count). The highest BCUT2D eigenvalue weighted by molar-refractivity contribution is 5.81. The topological polar surface area (TPSA) is 53.1 Å². The summed E-state index contributed by atoms with van der Waals surface area (Å²) in [6, 6.07) is 14.4. The van der Waals surface area contributed by atoms with Crippen LogP contribution in [-0.2, 0) is 6.54 Å². The molecule has 0 fully saturated rings. The third kappa shape index (κ3) is 3.51. The Hall–Kier alpha value is -2.59. The Bertz CT molecular complexity index is 953. The predicted octanol–water partition coefficient (Wildman–Crippen LogP) is 4.83. The summed E-state index contributed by atoms with van der Waals surface area (Å²) in [7, 11) is 0. The zero-order valence-electron chi connectivity index (χ0n) is 16.0. The molecule has 26 heavy (non-hydrogen) atoms. The van der Waals surface area contributed by atoms with Gasteiger partial charge in [-0.05, 0) is 62.6 Å². The van der Waals surface area contributed by atoms with E-state index in [1.54, 1.807) is 0 Å². The van der Waals surface area contributed by atoms with Crippen LogP contribution >= 0.6 is 0 Å². The molecule has 0 amide bonds. The van der Waals surface area contributed by atoms with Gasteiger partial charge in [-0.15, -0.1) is 0 Å². The molecule has 2 N–H and O–H groups in total. The van der Waals surface area contributed by atoms with E-state index < -0.39 is 0 Å². The van der Waals surface area contributed by atoms with Crippen LogP contribution in [0.1, 0.15) is 37.2 Å². The fourth-order valence-corrected chi connectivity index (χ4v) is 3.14. The van der Waals surface area contributed by atoms with E-state index >= 15 is 0 Å². The van der Waals surface area contributed by atoms with Crippen LogP contribution in [0, 0.1) is 13.8 Å². The highest BCUT2D eigenvalue weighted by Gasteiger charge is 2.13. The van der Waals surface area contributed by atoms with Gasteiger partial charge in [-0.2, -0.15) is 0 Å². The Balaban J connectivity index is 2.06. The summed E-state index contributed by atoms with van der Waals surface area (Å²) < 4.78 is 8.51. The second kappa shape index (κ2) is 7.75. The van der Waals surface area contributed by atoms with Gasteiger partial charge in [-0.25, -0.2) is 4.98 Å². The number of ether oxygens (including phenoxy) is 1. The number of hydrogen-bond acceptors (Lipinski definition) is 3. The van der Waals surface area contributed by atoms with Gasteiger partial charge in [-0.1, -0.05) is 25.1 Å². The average molecular weight is 349 g/mol. The van der Waals surface area contributed by atoms with Gasteiger partial charge in [0.2, 0.25) is 0 Å². The molecular weight excluding hydrogens is 322 g/mol. The van der Waals surface area contributed by atoms with Crippen molar-refractivity contribution >= 4 is 16.8 Å². The number of imidazole rings is 1. The molecule has 0 unspecified atom stereocenters. The quantitative estimate of drug-likeness (QED) is 0.648. The lowest BCUT2D eigenvalue weighted by Crippen LogP contribution is -2.10. The maximum atomic E-state index is 6.34. The van der Waals surface area contributed by atoms with E-state index in [1.165, 1.54) is 5.57 Å². The van der Waals surface area contributed by atoms with Crippen LogP contribution in [-0.4, -0.2) is 16.1 Å². The van der Waals surface area contributed by atoms with Crippen molar-refractivity contribution in [3.63, 3.8) is 0 Å². The van der Waals surface area contributed by atoms with E-state index in [2.05, 4.69) is 49.6 Å². The van der Waals surface area contributed by atoms with Gasteiger partial charge in [0, 0.05) is 18.7 Å². The zero-order chi connectivity index (χ0) is 18.7. The van der Waals surface area contributed by atoms with Gasteiger partial charge in [0.1, 0.15) is 17.3 Å². The molecule has 0 radical (unpaired) electrons. The lowest BCUT2D eigenvalue weighted by Gasteiger charge is -2.15. The standard InChI is InChI=1S/C22H27N3O/c1-5-15(2)22(26-21-9-7-6-8-16(21)3)18-10-11-20-19(14-18)24-17(4)25(20)13-12-23/h6-11,14H,5,12-13,23H2,1-4H3. The van der Waals surface area contributed by atoms with E-state index in [4.69, 9.17) is 15.5 Å². The molecule has 0 bridgehead atoms. The monoisotopic (exact) mass is 349 g/mol. The fraction of sp³-hybridized carbons (Fsp3) is 0.318. The molecule has 136 valence electrons. The molecule has 0 spiro atoms. The molecule has 4 heteroatoms. The van der Waals surface area contributed by atoms with E-state index in [1.807, 2.05) is 25.1 Å². The summed E-state index contributed by atoms with van der Waals surface area (Å²) in [4.78, 5) is 4.71. The number of rotatable bonds is 6. The van der Waals surface area contributed by atoms with Crippen LogP contribution in [0.25, 0.3) is 16.8 Å². The van der Waals surface area contributed by atoms with Crippen LogP contribution < -0.4 is 10.5 Å². The summed E-state index contributed by atoms with van der Waals surface area (Å²) in [5, 5.41) is 0. The Morgan fingerprint density at radius 2 is 1.92 bits per heavy atom. The molecule has 3 aromatic rings. The zero-order valence-corrected chi connectivity index (χ0v) is 16.0. The minimum absolute atomic E-state index is 0.602. The second-order valence-electron chi connectivity index (χ2n) is 6.63. The lowest BCUT2D eigenvalue weighted by atomic mass is 10.1. The van der Waals surface area contributed by atoms with E-state index in [0.29, 0.717) is 6.54 Å². The summed E-state index contributed by atoms with van der Waals surface area (Å²) in [5.41, 5.74) is 11.2. The fourth-order valence-electron chi connectivity index (χ4n) is 3.14. The van der Waals surface area contributed by atoms with Gasteiger partial charge in [0.25, 0.3) is 0 Å². The van der Waals surface area contributed by atoms with Gasteiger partial charge in [0.05, 0.1) is 11.0 Å². The second-order valence-corrected chi connectivity index (χ2v) is 6.63. The SMILES string of the molecule is CCC(C)=C(Oc1ccccc1C)c1ccc2c(c1)nc(C)n2CCN. The number of aromatic nitrogens is 2. The number of nitrogens with two attached hydrogens (primary N) is 1. The summed E-state index contributed by atoms with van der Waals surface area (Å²) in [6.45, 7) is 9.73. The van der Waals surface area contributed by atoms with Crippen molar-refractivity contribution in [3.05, 3.63) is 65.0 Å². The third-order valence-corrected chi connectivity index (χ3v) is 4.78. The normalized spacial score (nSPS) is 12.3. The van der Waals surface area contributed by atoms with Crippen molar-refractivity contribution in [1.82, 2.24) is 9.55 Å². The van der Waals surface area contributed by atoms with E-state index in [0.717, 1.165) is 52.5 Å². The van der Waals surface area contributed by atoms with Crippen molar-refractivity contribution < 1.29 is 4.74 Å². The van der Waals surface area contributed by atoms with E-state index in [-0.39, 0.29) is 0 Å². The van der Waals surface area contributed by atoms with Gasteiger partial charge in [0.15, 0.2) is 0 Å². The molecule has 0 aliphatic rings. The highest BCUT2D eigenvalue weighted by atomic mass is 16.5. The molecule has 0 saturated heterocycles. The molecule has 1 aromatic heterocycles. The maximum absolute atomic E-state index is 6.34. The molecular formula is C22H27N3O. The Morgan fingerprint density at radius 3 is 2.62 bits per heavy atom. The maximum Gasteiger partial charge on any atom is 0.133 e. The average Bonchev–Trinajstić information content (AvgIpc) is 2.95. The van der Waals surface area contributed by atoms with Crippen LogP contribution in [0.2, 0.25) is 0 Å². The van der Waals surface area contributed by atoms with Crippen LogP contribution in [0.5, 0.6) is 5.75 Å². The summed E-state index contributed by atoms with van der Waals surface area (Å²) in [6.07, 6.45) is 0.930. The number of nitrogens with zero attached hydrogens (tertiary/aromatic N) is 2. The molecule has 1 heterocycles. The van der Waals surface area contributed by atoms with Crippen LogP contribution in [0.4, 0.5) is 0 Å². The Morgan fingerprint density at radius 1 is 1.15 bits per heavy atom. The van der Waals surface area contributed by atoms with Crippen molar-refractivity contribution in [3.8, 4) is 5.75 Å². The number of aryl methyl sites for hydroxylation is 2. The highest BCUT2D eigenvalue weighted by Crippen LogP contribution is 2.29. The van der Waals surface area contributed by atoms with Crippen LogP contribution in [0.15, 0.2) is 48.0 Å². The Labute approximate surface area is 155 Å². The first-order chi connectivity index (χ1) is 12.5. The third-order valence-electron chi connectivity index (χ3n) is 4.78. The van der Waals surface area contributed by atoms with Crippen molar-refractivity contribution in [2.75, 3.05) is 6.54 Å². The van der Waals surface area contributed by atoms with Crippen LogP contribution in [0.3, 0.4) is 0 Å². The van der Waals surface area contributed by atoms with Gasteiger partial charge < -0.3 is 15.0 Å². The minimum Gasteiger partial charge on any atom is -0.457 e. The number of benzene rings is 2. The molecule has 4 nitrogen and oxygen atoms in total. The molecule has 2 aromatic carbocycles. The first kappa shape index (κ1) is 18.2. The first-order valence-corrected chi connectivity index (χ1v) is 9.15. The first-order valence-electron chi connectivity index (χ1n) is 9.15. The number of hydrogen-bond donors (Lipinski definition) is 1. The number of fused-ring (bicyclic) bond motifs is 1. The lowest BCUT2D eigenvalue weighted by molar-refractivity contribution is 0.504. The van der Waals surface area contributed by atoms with Gasteiger partial charge >= 0.3 is 0 Å². The summed E-state index contributed by atoms with van der Waals surface area (Å²) in [5.74, 6) is 2.79. The Kier molecular flexibility index (Phi) is 5.43. The molecule has 0 aliphatic heterocycles. The summed E-state index contributed by atoms with van der Waals surface area (Å²) >= 11 is 0. The molecule has 0 saturated carbocycles. The van der Waals surface area contributed by atoms with Crippen molar-refractivity contribution in [2.24, 2.45) is 5.73 Å². The number of para-hydroxylation sites is 1. The van der Waals surface area contributed by atoms with Crippen molar-refractivity contribution in [2.45, 2.75) is 40.7 Å². The van der Waals surface area contributed by atoms with Crippen molar-refractivity contribution in [1.29, 1.82) is 0 Å². The van der Waals surface area contributed by atoms with E-state index in [9.17, 15) is 0 Å². The predicted molar refractivity (Wildman–Crippen MR) is 108 cm³/mol. The van der Waals surface area contributed by atoms with Gasteiger partial charge in [-0.3, -0.25) is 0 Å². The molecule has 0 aliphatic carbocycles. The minimum atomic E-state index is 0.602. The molecule has 0 atom stereocenters. The number of allylic oxidation sites excluding steroid dienone is 1. The largest absolute Gasteiger partial charge is 0.457 e.